The number of Topliss-reactive ketones (excluding diaryl/α,β-unsaturated/α-hetero) is 1. The van der Waals surface area contributed by atoms with Gasteiger partial charge in [-0.25, -0.2) is 4.79 Å². The number of ketones is 1. The van der Waals surface area contributed by atoms with Crippen molar-refractivity contribution < 1.29 is 24.5 Å². The van der Waals surface area contributed by atoms with E-state index in [9.17, 15) is 19.8 Å². The molecule has 1 aromatic carbocycles. The zero-order valence-corrected chi connectivity index (χ0v) is 31.7. The number of anilines is 1. The molecule has 2 bridgehead atoms. The van der Waals surface area contributed by atoms with E-state index in [0.717, 1.165) is 47.4 Å². The summed E-state index contributed by atoms with van der Waals surface area (Å²) in [5, 5.41) is 29.2. The molecule has 7 nitrogen and oxygen atoms in total. The first-order valence-corrected chi connectivity index (χ1v) is 20.2. The Bertz CT molecular complexity index is 1880. The number of thiophene rings is 2. The number of aliphatic hydroxyl groups is 2. The van der Waals surface area contributed by atoms with Crippen molar-refractivity contribution in [2.24, 2.45) is 33.5 Å². The third kappa shape index (κ3) is 5.24. The number of nitrogens with one attached hydrogen (secondary N) is 1. The van der Waals surface area contributed by atoms with Gasteiger partial charge in [0.05, 0.1) is 30.2 Å². The number of amides is 2. The fourth-order valence-corrected chi connectivity index (χ4v) is 13.0. The SMILES string of the molecule is COc1ccc(NC(=O)N(CCc2cccs2)CC2(O)CCC3C45C=CC6(C=C4C(=O)c4ccc(C)s4)CC(O)CCC6(C)C5CCC32C)cc1. The molecule has 6 aliphatic rings. The number of carbonyl (C=O) groups excluding carboxylic acids is 2. The third-order valence-corrected chi connectivity index (χ3v) is 16.1. The van der Waals surface area contributed by atoms with Crippen LogP contribution in [-0.4, -0.2) is 58.8 Å². The molecular formula is C42H50N2O5S2. The summed E-state index contributed by atoms with van der Waals surface area (Å²) < 4.78 is 5.32. The number of fused-ring (bicyclic) bond motifs is 1. The molecule has 9 heteroatoms. The molecule has 270 valence electrons. The van der Waals surface area contributed by atoms with Gasteiger partial charge in [0.25, 0.3) is 0 Å². The Morgan fingerprint density at radius 1 is 0.980 bits per heavy atom. The number of hydrogen-bond donors (Lipinski definition) is 3. The second-order valence-corrected chi connectivity index (χ2v) is 18.8. The Kier molecular flexibility index (Phi) is 8.49. The maximum atomic E-state index is 14.8. The Labute approximate surface area is 309 Å². The number of aliphatic hydroxyl groups excluding tert-OH is 1. The van der Waals surface area contributed by atoms with Gasteiger partial charge in [-0.1, -0.05) is 38.1 Å². The Morgan fingerprint density at radius 3 is 2.43 bits per heavy atom. The van der Waals surface area contributed by atoms with Crippen molar-refractivity contribution in [2.45, 2.75) is 83.8 Å². The van der Waals surface area contributed by atoms with Crippen molar-refractivity contribution in [3.05, 3.63) is 92.3 Å². The number of nitrogens with zero attached hydrogens (tertiary/aromatic N) is 1. The topological polar surface area (TPSA) is 99.1 Å². The molecule has 2 spiro atoms. The summed E-state index contributed by atoms with van der Waals surface area (Å²) in [4.78, 5) is 33.7. The predicted molar refractivity (Wildman–Crippen MR) is 204 cm³/mol. The number of ether oxygens (including phenoxy) is 1. The minimum absolute atomic E-state index is 0.0204. The molecule has 0 aliphatic heterocycles. The van der Waals surface area contributed by atoms with Crippen LogP contribution in [0.25, 0.3) is 0 Å². The third-order valence-electron chi connectivity index (χ3n) is 14.2. The molecule has 3 fully saturated rings. The lowest BCUT2D eigenvalue weighted by atomic mass is 9.32. The molecule has 6 aliphatic carbocycles. The fraction of sp³-hybridized carbons (Fsp3) is 0.524. The van der Waals surface area contributed by atoms with Crippen LogP contribution in [0.1, 0.15) is 78.2 Å². The van der Waals surface area contributed by atoms with E-state index in [-0.39, 0.29) is 47.1 Å². The first-order chi connectivity index (χ1) is 24.4. The number of carbonyl (C=O) groups is 2. The monoisotopic (exact) mass is 726 g/mol. The van der Waals surface area contributed by atoms with Crippen molar-refractivity contribution in [3.63, 3.8) is 0 Å². The Hall–Kier alpha value is -3.24. The molecule has 51 heavy (non-hydrogen) atoms. The van der Waals surface area contributed by atoms with Gasteiger partial charge in [0.1, 0.15) is 5.75 Å². The van der Waals surface area contributed by atoms with Gasteiger partial charge >= 0.3 is 6.03 Å². The number of methoxy groups -OCH3 is 1. The molecule has 2 aromatic heterocycles. The molecule has 8 unspecified atom stereocenters. The van der Waals surface area contributed by atoms with Gasteiger partial charge in [-0.2, -0.15) is 0 Å². The van der Waals surface area contributed by atoms with Gasteiger partial charge in [0.15, 0.2) is 5.78 Å². The number of rotatable bonds is 9. The van der Waals surface area contributed by atoms with Crippen molar-refractivity contribution in [1.82, 2.24) is 4.90 Å². The van der Waals surface area contributed by atoms with Crippen LogP contribution in [0.3, 0.4) is 0 Å². The highest BCUT2D eigenvalue weighted by atomic mass is 32.1. The molecule has 2 heterocycles. The highest BCUT2D eigenvalue weighted by Gasteiger charge is 2.74. The van der Waals surface area contributed by atoms with E-state index in [0.29, 0.717) is 37.2 Å². The van der Waals surface area contributed by atoms with Crippen LogP contribution in [0.5, 0.6) is 5.75 Å². The van der Waals surface area contributed by atoms with Gasteiger partial charge in [0.2, 0.25) is 0 Å². The van der Waals surface area contributed by atoms with E-state index in [4.69, 9.17) is 4.74 Å². The minimum Gasteiger partial charge on any atom is -0.497 e. The van der Waals surface area contributed by atoms with E-state index < -0.39 is 16.4 Å². The van der Waals surface area contributed by atoms with Crippen molar-refractivity contribution >= 4 is 40.2 Å². The van der Waals surface area contributed by atoms with Crippen molar-refractivity contribution in [3.8, 4) is 5.75 Å². The summed E-state index contributed by atoms with van der Waals surface area (Å²) in [7, 11) is 1.62. The van der Waals surface area contributed by atoms with E-state index in [1.807, 2.05) is 54.3 Å². The summed E-state index contributed by atoms with van der Waals surface area (Å²) >= 11 is 3.23. The quantitative estimate of drug-likeness (QED) is 0.151. The van der Waals surface area contributed by atoms with Crippen LogP contribution in [-0.2, 0) is 6.42 Å². The summed E-state index contributed by atoms with van der Waals surface area (Å²) in [5.41, 5.74) is -1.14. The van der Waals surface area contributed by atoms with Gasteiger partial charge in [-0.15, -0.1) is 22.7 Å². The first-order valence-electron chi connectivity index (χ1n) is 18.5. The zero-order valence-electron chi connectivity index (χ0n) is 30.1. The lowest BCUT2D eigenvalue weighted by molar-refractivity contribution is -0.174. The average molecular weight is 727 g/mol. The van der Waals surface area contributed by atoms with E-state index in [1.54, 1.807) is 29.8 Å². The normalized spacial score (nSPS) is 36.1. The molecule has 9 rings (SSSR count). The zero-order chi connectivity index (χ0) is 35.8. The molecular weight excluding hydrogens is 677 g/mol. The van der Waals surface area contributed by atoms with Crippen LogP contribution in [0.4, 0.5) is 10.5 Å². The van der Waals surface area contributed by atoms with Gasteiger partial charge < -0.3 is 25.2 Å². The smallest absolute Gasteiger partial charge is 0.321 e. The van der Waals surface area contributed by atoms with E-state index >= 15 is 0 Å². The lowest BCUT2D eigenvalue weighted by Gasteiger charge is -2.71. The summed E-state index contributed by atoms with van der Waals surface area (Å²) in [6, 6.07) is 15.2. The summed E-state index contributed by atoms with van der Waals surface area (Å²) in [6.45, 7) is 7.38. The number of benzene rings is 1. The van der Waals surface area contributed by atoms with Crippen LogP contribution < -0.4 is 10.1 Å². The van der Waals surface area contributed by atoms with Crippen LogP contribution in [0, 0.1) is 40.4 Å². The molecule has 0 saturated heterocycles. The average Bonchev–Trinajstić information content (AvgIpc) is 3.86. The highest BCUT2D eigenvalue weighted by molar-refractivity contribution is 7.14. The number of urea groups is 1. The van der Waals surface area contributed by atoms with Crippen LogP contribution in [0.2, 0.25) is 0 Å². The van der Waals surface area contributed by atoms with E-state index in [2.05, 4.69) is 48.8 Å². The Balaban J connectivity index is 1.16. The van der Waals surface area contributed by atoms with Gasteiger partial charge in [-0.05, 0) is 123 Å². The standard InChI is InChI=1S/C42H50N2O5S2/c1-27-7-12-33(51-27)36(46)32-25-40-20-21-42(32)34(38(40,2)17-13-29(45)24-40)14-18-39(3)35(42)15-19-41(39,48)26-44(22-16-31-6-5-23-50-31)37(47)43-28-8-10-30(49-4)11-9-28/h5-12,20-21,23,25,29,34-35,45,48H,13-19,22,24,26H2,1-4H3,(H,43,47). The molecule has 0 radical (unpaired) electrons. The molecule has 3 N–H and O–H groups in total. The minimum atomic E-state index is -1.15. The van der Waals surface area contributed by atoms with E-state index in [1.165, 1.54) is 4.88 Å². The molecule has 3 aromatic rings. The maximum absolute atomic E-state index is 14.8. The summed E-state index contributed by atoms with van der Waals surface area (Å²) in [5.74, 6) is 1.06. The van der Waals surface area contributed by atoms with Gasteiger partial charge in [0, 0.05) is 43.8 Å². The molecule has 3 saturated carbocycles. The second kappa shape index (κ2) is 12.4. The second-order valence-electron chi connectivity index (χ2n) is 16.5. The number of allylic oxidation sites excluding steroid dienone is 4. The fourth-order valence-electron chi connectivity index (χ4n) is 11.4. The first kappa shape index (κ1) is 34.8. The highest BCUT2D eigenvalue weighted by Crippen LogP contribution is 2.78. The molecule has 8 atom stereocenters. The molecule has 2 amide bonds. The van der Waals surface area contributed by atoms with Gasteiger partial charge in [-0.3, -0.25) is 4.79 Å². The number of aryl methyl sites for hydroxylation is 1. The number of hydrogen-bond acceptors (Lipinski definition) is 7. The van der Waals surface area contributed by atoms with Crippen LogP contribution >= 0.6 is 22.7 Å². The van der Waals surface area contributed by atoms with Crippen LogP contribution in [0.15, 0.2) is 77.7 Å². The predicted octanol–water partition coefficient (Wildman–Crippen LogP) is 8.68. The Morgan fingerprint density at radius 2 is 1.73 bits per heavy atom. The van der Waals surface area contributed by atoms with Crippen molar-refractivity contribution in [1.29, 1.82) is 0 Å². The lowest BCUT2D eigenvalue weighted by Crippen LogP contribution is -2.67. The largest absolute Gasteiger partial charge is 0.497 e. The van der Waals surface area contributed by atoms with Crippen molar-refractivity contribution in [2.75, 3.05) is 25.5 Å². The summed E-state index contributed by atoms with van der Waals surface area (Å²) in [6.07, 6.45) is 12.7. The maximum Gasteiger partial charge on any atom is 0.321 e.